The number of hydrogen-bond donors (Lipinski definition) is 0. The zero-order chi connectivity index (χ0) is 17.8. The van der Waals surface area contributed by atoms with Crippen molar-refractivity contribution in [2.75, 3.05) is 20.7 Å². The largest absolute Gasteiger partial charge is 0.396 e. The summed E-state index contributed by atoms with van der Waals surface area (Å²) in [6.45, 7) is 7.55. The molecule has 0 aromatic rings. The van der Waals surface area contributed by atoms with E-state index in [0.29, 0.717) is 5.92 Å². The van der Waals surface area contributed by atoms with Gasteiger partial charge in [-0.3, -0.25) is 9.98 Å². The maximum absolute atomic E-state index is 5.63. The van der Waals surface area contributed by atoms with E-state index in [1.165, 1.54) is 31.4 Å². The molecular weight excluding hydrogens is 298 g/mol. The molecule has 0 aromatic heterocycles. The van der Waals surface area contributed by atoms with Crippen LogP contribution in [0.1, 0.15) is 78.6 Å². The van der Waals surface area contributed by atoms with Crippen molar-refractivity contribution in [1.82, 2.24) is 0 Å². The Bertz CT molecular complexity index is 442. The zero-order valence-electron chi connectivity index (χ0n) is 16.5. The molecule has 0 aromatic carbocycles. The van der Waals surface area contributed by atoms with Crippen molar-refractivity contribution in [3.8, 4) is 0 Å². The van der Waals surface area contributed by atoms with Crippen molar-refractivity contribution in [2.24, 2.45) is 26.5 Å². The van der Waals surface area contributed by atoms with E-state index in [1.807, 2.05) is 20.3 Å². The second-order valence-electron chi connectivity index (χ2n) is 7.08. The van der Waals surface area contributed by atoms with Crippen LogP contribution >= 0.6 is 0 Å². The standard InChI is InChI=1S/C20H37N3O/c1-6-9-10-12-20(11-7-2,14-18(22-5)15-21-4)19-13-17(8-3)16-24-23-19/h15,17H,6-14,16H2,1-5H3. The van der Waals surface area contributed by atoms with Gasteiger partial charge < -0.3 is 4.84 Å². The number of rotatable bonds is 11. The minimum Gasteiger partial charge on any atom is -0.396 e. The second kappa shape index (κ2) is 11.4. The summed E-state index contributed by atoms with van der Waals surface area (Å²) in [5.41, 5.74) is 2.42. The molecule has 0 spiro atoms. The first-order valence-electron chi connectivity index (χ1n) is 9.72. The average Bonchev–Trinajstić information content (AvgIpc) is 2.61. The molecule has 4 heteroatoms. The van der Waals surface area contributed by atoms with E-state index in [-0.39, 0.29) is 5.41 Å². The van der Waals surface area contributed by atoms with Crippen LogP contribution in [0.2, 0.25) is 0 Å². The lowest BCUT2D eigenvalue weighted by atomic mass is 9.68. The third-order valence-electron chi connectivity index (χ3n) is 5.23. The van der Waals surface area contributed by atoms with Crippen LogP contribution in [0.4, 0.5) is 0 Å². The predicted molar refractivity (Wildman–Crippen MR) is 106 cm³/mol. The fourth-order valence-corrected chi connectivity index (χ4v) is 3.73. The van der Waals surface area contributed by atoms with Gasteiger partial charge >= 0.3 is 0 Å². The summed E-state index contributed by atoms with van der Waals surface area (Å²) in [6.07, 6.45) is 12.3. The van der Waals surface area contributed by atoms with Crippen LogP contribution in [0.25, 0.3) is 0 Å². The third kappa shape index (κ3) is 6.03. The Kier molecular flexibility index (Phi) is 9.89. The van der Waals surface area contributed by atoms with Gasteiger partial charge in [-0.15, -0.1) is 0 Å². The SMILES string of the molecule is CCCCCC(CCC)(CC(C=NC)=NC)C1=NOCC(CC)C1. The molecule has 2 atom stereocenters. The molecular formula is C20H37N3O. The van der Waals surface area contributed by atoms with Crippen LogP contribution in [0.15, 0.2) is 15.1 Å². The minimum absolute atomic E-state index is 0.0772. The highest BCUT2D eigenvalue weighted by atomic mass is 16.6. The Morgan fingerprint density at radius 3 is 2.58 bits per heavy atom. The number of hydrogen-bond acceptors (Lipinski definition) is 4. The molecule has 24 heavy (non-hydrogen) atoms. The van der Waals surface area contributed by atoms with E-state index >= 15 is 0 Å². The Morgan fingerprint density at radius 1 is 1.21 bits per heavy atom. The molecule has 1 aliphatic rings. The lowest BCUT2D eigenvalue weighted by molar-refractivity contribution is 0.0846. The summed E-state index contributed by atoms with van der Waals surface area (Å²) in [7, 11) is 3.69. The highest BCUT2D eigenvalue weighted by Crippen LogP contribution is 2.40. The molecule has 1 rings (SSSR count). The molecule has 0 radical (unpaired) electrons. The molecule has 0 bridgehead atoms. The lowest BCUT2D eigenvalue weighted by Gasteiger charge is -2.38. The lowest BCUT2D eigenvalue weighted by Crippen LogP contribution is -2.38. The summed E-state index contributed by atoms with van der Waals surface area (Å²) in [5.74, 6) is 0.599. The molecule has 0 aliphatic carbocycles. The molecule has 2 unspecified atom stereocenters. The van der Waals surface area contributed by atoms with E-state index in [1.54, 1.807) is 0 Å². The normalized spacial score (nSPS) is 21.5. The van der Waals surface area contributed by atoms with Gasteiger partial charge in [-0.25, -0.2) is 0 Å². The Hall–Kier alpha value is -1.19. The van der Waals surface area contributed by atoms with Crippen molar-refractivity contribution < 1.29 is 4.84 Å². The van der Waals surface area contributed by atoms with Gasteiger partial charge in [-0.05, 0) is 25.7 Å². The van der Waals surface area contributed by atoms with Crippen molar-refractivity contribution >= 4 is 17.6 Å². The average molecular weight is 336 g/mol. The van der Waals surface area contributed by atoms with Gasteiger partial charge in [0.25, 0.3) is 0 Å². The fourth-order valence-electron chi connectivity index (χ4n) is 3.73. The maximum atomic E-state index is 5.63. The number of oxime groups is 1. The summed E-state index contributed by atoms with van der Waals surface area (Å²) in [5, 5.41) is 4.56. The highest BCUT2D eigenvalue weighted by Gasteiger charge is 2.38. The first-order chi connectivity index (χ1) is 11.7. The van der Waals surface area contributed by atoms with Gasteiger partial charge in [0.1, 0.15) is 6.61 Å². The van der Waals surface area contributed by atoms with Crippen molar-refractivity contribution in [1.29, 1.82) is 0 Å². The van der Waals surface area contributed by atoms with Crippen LogP contribution in [-0.4, -0.2) is 38.3 Å². The minimum atomic E-state index is 0.0772. The second-order valence-corrected chi connectivity index (χ2v) is 7.08. The van der Waals surface area contributed by atoms with E-state index in [9.17, 15) is 0 Å². The molecule has 1 aliphatic heterocycles. The molecule has 0 fully saturated rings. The van der Waals surface area contributed by atoms with Gasteiger partial charge in [-0.1, -0.05) is 51.6 Å². The number of nitrogens with zero attached hydrogens (tertiary/aromatic N) is 3. The van der Waals surface area contributed by atoms with Crippen molar-refractivity contribution in [3.05, 3.63) is 0 Å². The fraction of sp³-hybridized carbons (Fsp3) is 0.850. The smallest absolute Gasteiger partial charge is 0.120 e. The summed E-state index contributed by atoms with van der Waals surface area (Å²) in [6, 6.07) is 0. The Balaban J connectivity index is 3.11. The van der Waals surface area contributed by atoms with Crippen LogP contribution in [0, 0.1) is 11.3 Å². The first kappa shape index (κ1) is 20.9. The number of unbranched alkanes of at least 4 members (excludes halogenated alkanes) is 2. The van der Waals surface area contributed by atoms with Gasteiger partial charge in [-0.2, -0.15) is 0 Å². The quantitative estimate of drug-likeness (QED) is 0.372. The van der Waals surface area contributed by atoms with Crippen molar-refractivity contribution in [2.45, 2.75) is 78.6 Å². The van der Waals surface area contributed by atoms with E-state index < -0.39 is 0 Å². The van der Waals surface area contributed by atoms with E-state index in [2.05, 4.69) is 35.9 Å². The molecule has 0 amide bonds. The molecule has 138 valence electrons. The van der Waals surface area contributed by atoms with Gasteiger partial charge in [0.15, 0.2) is 0 Å². The van der Waals surface area contributed by atoms with Gasteiger partial charge in [0.05, 0.1) is 11.4 Å². The molecule has 1 heterocycles. The van der Waals surface area contributed by atoms with E-state index in [0.717, 1.165) is 44.4 Å². The van der Waals surface area contributed by atoms with Gasteiger partial charge in [0, 0.05) is 38.1 Å². The summed E-state index contributed by atoms with van der Waals surface area (Å²) < 4.78 is 0. The van der Waals surface area contributed by atoms with Crippen LogP contribution < -0.4 is 0 Å². The molecule has 0 N–H and O–H groups in total. The molecule has 0 saturated carbocycles. The first-order valence-corrected chi connectivity index (χ1v) is 9.72. The predicted octanol–water partition coefficient (Wildman–Crippen LogP) is 5.32. The Labute approximate surface area is 148 Å². The molecule has 0 saturated heterocycles. The van der Waals surface area contributed by atoms with Gasteiger partial charge in [0.2, 0.25) is 0 Å². The topological polar surface area (TPSA) is 46.3 Å². The highest BCUT2D eigenvalue weighted by molar-refractivity contribution is 6.31. The Morgan fingerprint density at radius 2 is 2.00 bits per heavy atom. The molecule has 4 nitrogen and oxygen atoms in total. The number of aliphatic imine (C=N–C) groups is 2. The monoisotopic (exact) mass is 335 g/mol. The summed E-state index contributed by atoms with van der Waals surface area (Å²) >= 11 is 0. The van der Waals surface area contributed by atoms with Crippen LogP contribution in [0.5, 0.6) is 0 Å². The van der Waals surface area contributed by atoms with Crippen molar-refractivity contribution in [3.63, 3.8) is 0 Å². The maximum Gasteiger partial charge on any atom is 0.120 e. The zero-order valence-corrected chi connectivity index (χ0v) is 16.5. The van der Waals surface area contributed by atoms with E-state index in [4.69, 9.17) is 4.84 Å². The third-order valence-corrected chi connectivity index (χ3v) is 5.23. The van der Waals surface area contributed by atoms with Crippen LogP contribution in [-0.2, 0) is 4.84 Å². The van der Waals surface area contributed by atoms with Crippen LogP contribution in [0.3, 0.4) is 0 Å². The summed E-state index contributed by atoms with van der Waals surface area (Å²) in [4.78, 5) is 14.3.